The molecule has 2 saturated heterocycles. The molecule has 2 aliphatic heterocycles. The van der Waals surface area contributed by atoms with Crippen molar-refractivity contribution in [2.75, 3.05) is 9.80 Å². The molecule has 2 heterocycles. The normalized spacial score (nSPS) is 31.8. The van der Waals surface area contributed by atoms with Gasteiger partial charge in [-0.1, -0.05) is 69.5 Å². The predicted molar refractivity (Wildman–Crippen MR) is 165 cm³/mol. The molecule has 208 valence electrons. The summed E-state index contributed by atoms with van der Waals surface area (Å²) >= 11 is 0. The maximum atomic E-state index is 2.90. The third kappa shape index (κ3) is 4.20. The molecule has 1 aliphatic carbocycles. The van der Waals surface area contributed by atoms with Crippen molar-refractivity contribution in [1.29, 1.82) is 0 Å². The van der Waals surface area contributed by atoms with Crippen molar-refractivity contribution in [2.24, 2.45) is 10.8 Å². The fraction of sp³-hybridized carbons (Fsp3) is 0.667. The van der Waals surface area contributed by atoms with E-state index in [-0.39, 0.29) is 22.0 Å². The van der Waals surface area contributed by atoms with Crippen molar-refractivity contribution in [2.45, 2.75) is 143 Å². The highest BCUT2D eigenvalue weighted by Crippen LogP contribution is 2.61. The first-order valence-corrected chi connectivity index (χ1v) is 15.5. The molecule has 1 unspecified atom stereocenters. The molecule has 2 aromatic carbocycles. The van der Waals surface area contributed by atoms with Crippen LogP contribution >= 0.6 is 0 Å². The first-order chi connectivity index (χ1) is 17.8. The zero-order chi connectivity index (χ0) is 27.6. The van der Waals surface area contributed by atoms with Crippen molar-refractivity contribution >= 4 is 11.4 Å². The number of anilines is 2. The molecule has 0 aromatic heterocycles. The predicted octanol–water partition coefficient (Wildman–Crippen LogP) is 9.87. The smallest absolute Gasteiger partial charge is 0.0432 e. The monoisotopic (exact) mass is 514 g/mol. The van der Waals surface area contributed by atoms with Gasteiger partial charge < -0.3 is 9.80 Å². The van der Waals surface area contributed by atoms with Crippen molar-refractivity contribution in [3.63, 3.8) is 0 Å². The number of para-hydroxylation sites is 2. The van der Waals surface area contributed by atoms with Crippen LogP contribution in [0, 0.1) is 24.7 Å². The second-order valence-corrected chi connectivity index (χ2v) is 15.2. The van der Waals surface area contributed by atoms with Crippen molar-refractivity contribution in [3.05, 3.63) is 59.7 Å². The van der Waals surface area contributed by atoms with Gasteiger partial charge in [-0.3, -0.25) is 0 Å². The van der Waals surface area contributed by atoms with Gasteiger partial charge >= 0.3 is 0 Å². The Morgan fingerprint density at radius 2 is 1.26 bits per heavy atom. The Morgan fingerprint density at radius 3 is 1.84 bits per heavy atom. The molecular formula is C36H54N2. The number of rotatable bonds is 5. The van der Waals surface area contributed by atoms with Gasteiger partial charge in [0.25, 0.3) is 0 Å². The average molecular weight is 515 g/mol. The molecule has 0 bridgehead atoms. The van der Waals surface area contributed by atoms with Crippen LogP contribution in [0.5, 0.6) is 0 Å². The molecule has 1 spiro atoms. The van der Waals surface area contributed by atoms with Gasteiger partial charge in [0.05, 0.1) is 0 Å². The quantitative estimate of drug-likeness (QED) is 0.392. The molecule has 0 amide bonds. The van der Waals surface area contributed by atoms with Crippen molar-refractivity contribution in [3.8, 4) is 0 Å². The summed E-state index contributed by atoms with van der Waals surface area (Å²) < 4.78 is 0. The Bertz CT molecular complexity index is 1160. The van der Waals surface area contributed by atoms with Crippen LogP contribution in [0.2, 0.25) is 0 Å². The molecule has 1 saturated carbocycles. The van der Waals surface area contributed by atoms with Gasteiger partial charge in [-0.2, -0.15) is 0 Å². The second kappa shape index (κ2) is 9.31. The fourth-order valence-electron chi connectivity index (χ4n) is 9.82. The summed E-state index contributed by atoms with van der Waals surface area (Å²) in [7, 11) is 0. The van der Waals surface area contributed by atoms with E-state index in [2.05, 4.69) is 121 Å². The van der Waals surface area contributed by atoms with Crippen LogP contribution in [-0.2, 0) is 0 Å². The van der Waals surface area contributed by atoms with Gasteiger partial charge in [-0.25, -0.2) is 0 Å². The number of hydrogen-bond donors (Lipinski definition) is 0. The fourth-order valence-corrected chi connectivity index (χ4v) is 9.82. The van der Waals surface area contributed by atoms with Gasteiger partial charge in [0.15, 0.2) is 0 Å². The minimum Gasteiger partial charge on any atom is -0.363 e. The Labute approximate surface area is 234 Å². The highest BCUT2D eigenvalue weighted by molar-refractivity contribution is 5.60. The Kier molecular flexibility index (Phi) is 6.76. The highest BCUT2D eigenvalue weighted by atomic mass is 15.3. The Morgan fingerprint density at radius 1 is 0.711 bits per heavy atom. The first-order valence-electron chi connectivity index (χ1n) is 15.5. The minimum absolute atomic E-state index is 0.0780. The van der Waals surface area contributed by atoms with Gasteiger partial charge in [-0.15, -0.1) is 0 Å². The van der Waals surface area contributed by atoms with Crippen LogP contribution in [0.3, 0.4) is 0 Å². The summed E-state index contributed by atoms with van der Waals surface area (Å²) in [5, 5.41) is 0. The third-order valence-corrected chi connectivity index (χ3v) is 11.8. The average Bonchev–Trinajstić information content (AvgIpc) is 3.13. The van der Waals surface area contributed by atoms with Crippen LogP contribution in [0.1, 0.15) is 117 Å². The van der Waals surface area contributed by atoms with Gasteiger partial charge in [0.2, 0.25) is 0 Å². The zero-order valence-corrected chi connectivity index (χ0v) is 26.0. The number of nitrogens with zero attached hydrogens (tertiary/aromatic N) is 2. The molecule has 38 heavy (non-hydrogen) atoms. The molecule has 0 radical (unpaired) electrons. The van der Waals surface area contributed by atoms with Gasteiger partial charge in [0.1, 0.15) is 0 Å². The summed E-state index contributed by atoms with van der Waals surface area (Å²) in [6.07, 6.45) is 12.0. The van der Waals surface area contributed by atoms with E-state index < -0.39 is 0 Å². The van der Waals surface area contributed by atoms with E-state index >= 15 is 0 Å². The maximum absolute atomic E-state index is 2.90. The molecule has 2 nitrogen and oxygen atoms in total. The molecule has 2 heteroatoms. The molecule has 3 atom stereocenters. The van der Waals surface area contributed by atoms with Crippen LogP contribution < -0.4 is 9.80 Å². The van der Waals surface area contributed by atoms with Gasteiger partial charge in [-0.05, 0) is 121 Å². The highest BCUT2D eigenvalue weighted by Gasteiger charge is 2.61. The molecule has 3 fully saturated rings. The summed E-state index contributed by atoms with van der Waals surface area (Å²) in [5.41, 5.74) is 6.74. The topological polar surface area (TPSA) is 6.48 Å². The summed E-state index contributed by atoms with van der Waals surface area (Å²) in [4.78, 5) is 5.74. The Balaban J connectivity index is 1.55. The lowest BCUT2D eigenvalue weighted by atomic mass is 9.65. The summed E-state index contributed by atoms with van der Waals surface area (Å²) in [6.45, 7) is 22.4. The number of hydrogen-bond acceptors (Lipinski definition) is 2. The van der Waals surface area contributed by atoms with Crippen molar-refractivity contribution in [1.82, 2.24) is 0 Å². The second-order valence-electron chi connectivity index (χ2n) is 15.2. The van der Waals surface area contributed by atoms with E-state index in [1.807, 2.05) is 0 Å². The SMILES string of the molecule is Cc1ccccc1N1[C@@H](C)C2(CCCCC2)CC1(C)CC[C@@]1(C)N(c2ccccc2C)C(C)(C)CC1(C)C. The largest absolute Gasteiger partial charge is 0.363 e. The number of benzene rings is 2. The zero-order valence-electron chi connectivity index (χ0n) is 26.0. The molecule has 0 N–H and O–H groups in total. The standard InChI is InChI=1S/C36H54N2/c1-27-17-11-13-19-30(27)37-29(3)36(21-15-10-16-22-36)26-34(37,8)23-24-35(9)32(4,5)25-33(6,7)38(35)31-20-14-12-18-28(31)2/h11-14,17-20,29H,10,15-16,21-26H2,1-9H3/t29-,34?,35+/m0/s1. The Hall–Kier alpha value is -1.96. The lowest BCUT2D eigenvalue weighted by Gasteiger charge is -2.51. The van der Waals surface area contributed by atoms with Crippen LogP contribution in [0.15, 0.2) is 48.5 Å². The van der Waals surface area contributed by atoms with E-state index in [0.29, 0.717) is 11.5 Å². The third-order valence-electron chi connectivity index (χ3n) is 11.8. The van der Waals surface area contributed by atoms with Crippen LogP contribution in [0.4, 0.5) is 11.4 Å². The van der Waals surface area contributed by atoms with Crippen LogP contribution in [0.25, 0.3) is 0 Å². The van der Waals surface area contributed by atoms with E-state index in [9.17, 15) is 0 Å². The summed E-state index contributed by atoms with van der Waals surface area (Å²) in [6, 6.07) is 18.8. The van der Waals surface area contributed by atoms with E-state index in [4.69, 9.17) is 0 Å². The lowest BCUT2D eigenvalue weighted by Crippen LogP contribution is -2.56. The molecule has 2 aromatic rings. The first kappa shape index (κ1) is 27.6. The minimum atomic E-state index is 0.0780. The summed E-state index contributed by atoms with van der Waals surface area (Å²) in [5.74, 6) is 0. The maximum Gasteiger partial charge on any atom is 0.0432 e. The molecule has 3 aliphatic rings. The molecular weight excluding hydrogens is 460 g/mol. The van der Waals surface area contributed by atoms with E-state index in [0.717, 1.165) is 0 Å². The number of aryl methyl sites for hydroxylation is 2. The van der Waals surface area contributed by atoms with Crippen LogP contribution in [-0.4, -0.2) is 22.7 Å². The van der Waals surface area contributed by atoms with Crippen molar-refractivity contribution < 1.29 is 0 Å². The molecule has 5 rings (SSSR count). The van der Waals surface area contributed by atoms with Gasteiger partial charge in [0, 0.05) is 34.0 Å². The lowest BCUT2D eigenvalue weighted by molar-refractivity contribution is 0.159. The van der Waals surface area contributed by atoms with E-state index in [1.165, 1.54) is 80.3 Å². The van der Waals surface area contributed by atoms with E-state index in [1.54, 1.807) is 0 Å².